The van der Waals surface area contributed by atoms with Gasteiger partial charge in [-0.05, 0) is 67.6 Å². The second-order valence-electron chi connectivity index (χ2n) is 10.2. The quantitative estimate of drug-likeness (QED) is 0.298. The molecule has 6 rings (SSSR count). The number of imidazole rings is 1. The highest BCUT2D eigenvalue weighted by Crippen LogP contribution is 2.27. The van der Waals surface area contributed by atoms with Crippen molar-refractivity contribution in [2.75, 3.05) is 48.8 Å². The molecule has 0 bridgehead atoms. The number of hydrogen-bond acceptors (Lipinski definition) is 6. The van der Waals surface area contributed by atoms with Gasteiger partial charge >= 0.3 is 6.03 Å². The van der Waals surface area contributed by atoms with E-state index < -0.39 is 11.8 Å². The molecule has 39 heavy (non-hydrogen) atoms. The molecule has 1 saturated heterocycles. The molecule has 2 aliphatic rings. The van der Waals surface area contributed by atoms with E-state index in [1.165, 1.54) is 17.8 Å². The largest absolute Gasteiger partial charge is 0.369 e. The van der Waals surface area contributed by atoms with Crippen molar-refractivity contribution in [3.8, 4) is 0 Å². The molecule has 3 heterocycles. The third kappa shape index (κ3) is 5.42. The first-order valence-corrected chi connectivity index (χ1v) is 13.1. The normalized spacial score (nSPS) is 17.7. The van der Waals surface area contributed by atoms with Gasteiger partial charge in [-0.2, -0.15) is 5.10 Å². The van der Waals surface area contributed by atoms with Crippen LogP contribution in [0.1, 0.15) is 29.4 Å². The van der Waals surface area contributed by atoms with Crippen LogP contribution < -0.4 is 21.0 Å². The van der Waals surface area contributed by atoms with Crippen molar-refractivity contribution in [3.63, 3.8) is 0 Å². The molecule has 1 unspecified atom stereocenters. The van der Waals surface area contributed by atoms with Crippen molar-refractivity contribution in [1.82, 2.24) is 20.3 Å². The monoisotopic (exact) mass is 526 g/mol. The second-order valence-corrected chi connectivity index (χ2v) is 10.2. The van der Waals surface area contributed by atoms with Gasteiger partial charge in [0.05, 0.1) is 17.1 Å². The fraction of sp³-hybridized carbons (Fsp3) is 0.276. The van der Waals surface area contributed by atoms with E-state index in [0.717, 1.165) is 59.9 Å². The lowest BCUT2D eigenvalue weighted by molar-refractivity contribution is 0.262. The molecular weight excluding hydrogens is 495 g/mol. The molecule has 1 fully saturated rings. The highest BCUT2D eigenvalue weighted by atomic mass is 19.1. The van der Waals surface area contributed by atoms with E-state index in [9.17, 15) is 9.18 Å². The number of hydrazone groups is 1. The molecule has 2 amide bonds. The molecule has 0 spiro atoms. The lowest BCUT2D eigenvalue weighted by Gasteiger charge is -2.34. The Bertz CT molecular complexity index is 1540. The number of carbonyl (C=O) groups excluding carboxylic acids is 1. The number of piperazine rings is 1. The number of fused-ring (bicyclic) bond motifs is 1. The Balaban J connectivity index is 1.07. The number of benzene rings is 3. The van der Waals surface area contributed by atoms with Crippen molar-refractivity contribution in [2.24, 2.45) is 5.10 Å². The highest BCUT2D eigenvalue weighted by molar-refractivity contribution is 6.01. The number of H-pyrrole nitrogens is 1. The van der Waals surface area contributed by atoms with Crippen molar-refractivity contribution >= 4 is 39.8 Å². The smallest absolute Gasteiger partial charge is 0.323 e. The number of nitrogens with zero attached hydrogens (tertiary/aromatic N) is 4. The van der Waals surface area contributed by atoms with E-state index >= 15 is 0 Å². The standard InChI is InChI=1S/C29H31FN8O/c1-18-3-6-20(30)15-24(18)34-29(39)31-21-7-4-19(5-8-21)25-17-27(36-35-25)28-32-23-10-9-22(16-26(23)33-28)38-13-11-37(2)12-14-38/h3-10,15-16,25,35H,11-14,17H2,1-2H3,(H,32,33)(H2,31,34,39). The average Bonchev–Trinajstić information content (AvgIpc) is 3.59. The fourth-order valence-electron chi connectivity index (χ4n) is 4.99. The Labute approximate surface area is 226 Å². The number of nitrogens with one attached hydrogen (secondary N) is 4. The minimum atomic E-state index is -0.429. The Morgan fingerprint density at radius 2 is 1.79 bits per heavy atom. The van der Waals surface area contributed by atoms with E-state index in [2.05, 4.69) is 61.2 Å². The van der Waals surface area contributed by atoms with E-state index in [-0.39, 0.29) is 6.04 Å². The SMILES string of the molecule is Cc1ccc(F)cc1NC(=O)Nc1ccc(C2CC(c3nc4ccc(N5CCN(C)CC5)cc4[nH]3)=NN2)cc1. The summed E-state index contributed by atoms with van der Waals surface area (Å²) in [6.07, 6.45) is 0.692. The number of aromatic amines is 1. The molecule has 0 aliphatic carbocycles. The molecule has 1 aromatic heterocycles. The molecule has 2 aliphatic heterocycles. The lowest BCUT2D eigenvalue weighted by atomic mass is 10.0. The molecular formula is C29H31FN8O. The number of aryl methyl sites for hydroxylation is 1. The summed E-state index contributed by atoms with van der Waals surface area (Å²) < 4.78 is 13.5. The maximum Gasteiger partial charge on any atom is 0.323 e. The first-order valence-electron chi connectivity index (χ1n) is 13.1. The number of hydrogen-bond donors (Lipinski definition) is 4. The van der Waals surface area contributed by atoms with Gasteiger partial charge in [-0.1, -0.05) is 18.2 Å². The molecule has 200 valence electrons. The molecule has 9 nitrogen and oxygen atoms in total. The zero-order chi connectivity index (χ0) is 26.9. The van der Waals surface area contributed by atoms with Crippen LogP contribution >= 0.6 is 0 Å². The summed E-state index contributed by atoms with van der Waals surface area (Å²) in [6, 6.07) is 17.9. The van der Waals surface area contributed by atoms with Crippen LogP contribution in [0.2, 0.25) is 0 Å². The molecule has 0 radical (unpaired) electrons. The van der Waals surface area contributed by atoms with E-state index in [0.29, 0.717) is 17.8 Å². The molecule has 4 N–H and O–H groups in total. The summed E-state index contributed by atoms with van der Waals surface area (Å²) in [5.41, 5.74) is 10.1. The van der Waals surface area contributed by atoms with Crippen LogP contribution in [0.5, 0.6) is 0 Å². The number of halogens is 1. The van der Waals surface area contributed by atoms with Crippen molar-refractivity contribution in [2.45, 2.75) is 19.4 Å². The molecule has 4 aromatic rings. The van der Waals surface area contributed by atoms with Gasteiger partial charge in [0.25, 0.3) is 0 Å². The van der Waals surface area contributed by atoms with Crippen LogP contribution in [0.4, 0.5) is 26.2 Å². The van der Waals surface area contributed by atoms with Gasteiger partial charge < -0.3 is 30.8 Å². The van der Waals surface area contributed by atoms with Gasteiger partial charge in [-0.3, -0.25) is 0 Å². The third-order valence-electron chi connectivity index (χ3n) is 7.38. The summed E-state index contributed by atoms with van der Waals surface area (Å²) in [5, 5.41) is 10.0. The number of amides is 2. The van der Waals surface area contributed by atoms with E-state index in [4.69, 9.17) is 4.98 Å². The molecule has 10 heteroatoms. The Kier molecular flexibility index (Phi) is 6.62. The number of urea groups is 1. The van der Waals surface area contributed by atoms with E-state index in [1.807, 2.05) is 31.2 Å². The number of rotatable bonds is 5. The fourth-order valence-corrected chi connectivity index (χ4v) is 4.99. The Morgan fingerprint density at radius 3 is 2.59 bits per heavy atom. The molecule has 0 saturated carbocycles. The molecule has 3 aromatic carbocycles. The first kappa shape index (κ1) is 24.9. The van der Waals surface area contributed by atoms with Crippen molar-refractivity contribution in [3.05, 3.63) is 83.4 Å². The van der Waals surface area contributed by atoms with Crippen LogP contribution in [-0.2, 0) is 0 Å². The van der Waals surface area contributed by atoms with Gasteiger partial charge in [0.15, 0.2) is 5.82 Å². The lowest BCUT2D eigenvalue weighted by Crippen LogP contribution is -2.44. The van der Waals surface area contributed by atoms with E-state index in [1.54, 1.807) is 6.07 Å². The summed E-state index contributed by atoms with van der Waals surface area (Å²) in [5.74, 6) is 0.377. The van der Waals surface area contributed by atoms with Gasteiger partial charge in [0, 0.05) is 49.7 Å². The van der Waals surface area contributed by atoms with Gasteiger partial charge in [0.2, 0.25) is 0 Å². The van der Waals surface area contributed by atoms with Gasteiger partial charge in [-0.15, -0.1) is 0 Å². The summed E-state index contributed by atoms with van der Waals surface area (Å²) >= 11 is 0. The summed E-state index contributed by atoms with van der Waals surface area (Å²) in [7, 11) is 2.16. The maximum atomic E-state index is 13.5. The van der Waals surface area contributed by atoms with Crippen molar-refractivity contribution in [1.29, 1.82) is 0 Å². The zero-order valence-corrected chi connectivity index (χ0v) is 22.0. The van der Waals surface area contributed by atoms with Crippen LogP contribution in [-0.4, -0.2) is 59.8 Å². The van der Waals surface area contributed by atoms with Gasteiger partial charge in [-0.25, -0.2) is 14.2 Å². The highest BCUT2D eigenvalue weighted by Gasteiger charge is 2.24. The first-order chi connectivity index (χ1) is 18.9. The molecule has 1 atom stereocenters. The zero-order valence-electron chi connectivity index (χ0n) is 22.0. The number of likely N-dealkylation sites (N-methyl/N-ethyl adjacent to an activating group) is 1. The number of anilines is 3. The second kappa shape index (κ2) is 10.4. The Morgan fingerprint density at radius 1 is 1.00 bits per heavy atom. The van der Waals surface area contributed by atoms with Crippen LogP contribution in [0.3, 0.4) is 0 Å². The minimum Gasteiger partial charge on any atom is -0.369 e. The average molecular weight is 527 g/mol. The van der Waals surface area contributed by atoms with Crippen LogP contribution in [0.15, 0.2) is 65.8 Å². The maximum absolute atomic E-state index is 13.5. The third-order valence-corrected chi connectivity index (χ3v) is 7.38. The minimum absolute atomic E-state index is 0.00642. The van der Waals surface area contributed by atoms with Gasteiger partial charge in [0.1, 0.15) is 11.5 Å². The summed E-state index contributed by atoms with van der Waals surface area (Å²) in [4.78, 5) is 25.4. The predicted octanol–water partition coefficient (Wildman–Crippen LogP) is 4.84. The summed E-state index contributed by atoms with van der Waals surface area (Å²) in [6.45, 7) is 5.98. The number of carbonyl (C=O) groups is 1. The van der Waals surface area contributed by atoms with Crippen LogP contribution in [0.25, 0.3) is 11.0 Å². The Hall–Kier alpha value is -4.44. The van der Waals surface area contributed by atoms with Crippen molar-refractivity contribution < 1.29 is 9.18 Å². The predicted molar refractivity (Wildman–Crippen MR) is 153 cm³/mol. The number of aromatic nitrogens is 2. The van der Waals surface area contributed by atoms with Crippen LogP contribution in [0, 0.1) is 12.7 Å². The topological polar surface area (TPSA) is 101 Å².